The molecule has 6 nitrogen and oxygen atoms in total. The van der Waals surface area contributed by atoms with Gasteiger partial charge in [-0.3, -0.25) is 0 Å². The Morgan fingerprint density at radius 2 is 1.60 bits per heavy atom. The Labute approximate surface area is 182 Å². The predicted octanol–water partition coefficient (Wildman–Crippen LogP) is 5.44. The minimum atomic E-state index is 0.0891. The first-order valence-corrected chi connectivity index (χ1v) is 9.98. The van der Waals surface area contributed by atoms with Crippen LogP contribution in [0.15, 0.2) is 42.5 Å². The van der Waals surface area contributed by atoms with E-state index in [0.717, 1.165) is 16.9 Å². The van der Waals surface area contributed by atoms with Crippen molar-refractivity contribution >= 4 is 11.6 Å². The summed E-state index contributed by atoms with van der Waals surface area (Å²) in [4.78, 5) is 13.4. The number of hydrogen-bond acceptors (Lipinski definition) is 6. The van der Waals surface area contributed by atoms with Crippen molar-refractivity contribution in [1.29, 1.82) is 0 Å². The van der Waals surface area contributed by atoms with E-state index in [-0.39, 0.29) is 11.4 Å². The average molecular weight is 428 g/mol. The molecule has 0 unspecified atom stereocenters. The molecule has 1 aromatic heterocycles. The monoisotopic (exact) mass is 427 g/mol. The zero-order chi connectivity index (χ0) is 21.7. The fourth-order valence-electron chi connectivity index (χ4n) is 2.70. The molecule has 0 atom stereocenters. The molecule has 0 aliphatic heterocycles. The largest absolute Gasteiger partial charge is 0.493 e. The lowest BCUT2D eigenvalue weighted by Gasteiger charge is -2.18. The summed E-state index contributed by atoms with van der Waals surface area (Å²) in [6.45, 7) is 7.49. The van der Waals surface area contributed by atoms with Crippen LogP contribution in [-0.4, -0.2) is 35.8 Å². The van der Waals surface area contributed by atoms with Gasteiger partial charge in [-0.1, -0.05) is 38.4 Å². The summed E-state index contributed by atoms with van der Waals surface area (Å²) in [6, 6.07) is 13.5. The van der Waals surface area contributed by atoms with E-state index in [9.17, 15) is 0 Å². The Morgan fingerprint density at radius 3 is 2.23 bits per heavy atom. The molecule has 7 heteroatoms. The van der Waals surface area contributed by atoms with Crippen molar-refractivity contribution in [2.75, 3.05) is 20.8 Å². The minimum absolute atomic E-state index is 0.0891. The molecule has 0 spiro atoms. The zero-order valence-corrected chi connectivity index (χ0v) is 18.7. The average Bonchev–Trinajstić information content (AvgIpc) is 2.73. The lowest BCUT2D eigenvalue weighted by Crippen LogP contribution is -2.16. The first-order valence-electron chi connectivity index (χ1n) is 9.60. The van der Waals surface area contributed by atoms with E-state index < -0.39 is 0 Å². The van der Waals surface area contributed by atoms with E-state index in [0.29, 0.717) is 35.4 Å². The number of methoxy groups -OCH3 is 2. The Hall–Kier alpha value is -2.70. The van der Waals surface area contributed by atoms with E-state index in [4.69, 9.17) is 25.8 Å². The molecule has 2 aromatic carbocycles. The van der Waals surface area contributed by atoms with Crippen LogP contribution in [0.25, 0.3) is 22.8 Å². The van der Waals surface area contributed by atoms with Crippen LogP contribution in [0.4, 0.5) is 0 Å². The third-order valence-corrected chi connectivity index (χ3v) is 4.49. The molecule has 0 fully saturated rings. The molecule has 0 saturated carbocycles. The molecule has 0 aliphatic rings. The molecule has 0 N–H and O–H groups in total. The second kappa shape index (κ2) is 9.41. The number of ether oxygens (including phenoxy) is 3. The van der Waals surface area contributed by atoms with Crippen LogP contribution in [0.2, 0.25) is 5.02 Å². The fourth-order valence-corrected chi connectivity index (χ4v) is 2.90. The first-order chi connectivity index (χ1) is 14.3. The van der Waals surface area contributed by atoms with Crippen LogP contribution in [0, 0.1) is 5.41 Å². The molecule has 0 bridgehead atoms. The third kappa shape index (κ3) is 5.68. The van der Waals surface area contributed by atoms with Crippen molar-refractivity contribution in [3.8, 4) is 34.5 Å². The maximum absolute atomic E-state index is 6.42. The first kappa shape index (κ1) is 22.0. The normalized spacial score (nSPS) is 11.4. The van der Waals surface area contributed by atoms with E-state index in [2.05, 4.69) is 35.7 Å². The van der Waals surface area contributed by atoms with Crippen molar-refractivity contribution in [2.45, 2.75) is 27.4 Å². The van der Waals surface area contributed by atoms with Gasteiger partial charge < -0.3 is 14.2 Å². The van der Waals surface area contributed by atoms with Crippen molar-refractivity contribution in [3.05, 3.63) is 53.1 Å². The number of aromatic nitrogens is 3. The maximum atomic E-state index is 6.42. The molecule has 0 saturated heterocycles. The number of nitrogens with zero attached hydrogens (tertiary/aromatic N) is 3. The van der Waals surface area contributed by atoms with Crippen molar-refractivity contribution in [3.63, 3.8) is 0 Å². The van der Waals surface area contributed by atoms with Gasteiger partial charge >= 0.3 is 6.01 Å². The second-order valence-electron chi connectivity index (χ2n) is 8.09. The Bertz CT molecular complexity index is 1000. The van der Waals surface area contributed by atoms with E-state index in [1.165, 1.54) is 7.11 Å². The SMILES string of the molecule is COCc1ccc(Cl)c(-c2nc(OC)nc(-c3ccc(OCC(C)(C)C)cc3)n2)c1. The summed E-state index contributed by atoms with van der Waals surface area (Å²) >= 11 is 6.42. The molecular weight excluding hydrogens is 402 g/mol. The summed E-state index contributed by atoms with van der Waals surface area (Å²) < 4.78 is 16.4. The van der Waals surface area contributed by atoms with Crippen LogP contribution in [0.1, 0.15) is 26.3 Å². The zero-order valence-electron chi connectivity index (χ0n) is 17.9. The van der Waals surface area contributed by atoms with Crippen molar-refractivity contribution < 1.29 is 14.2 Å². The highest BCUT2D eigenvalue weighted by Gasteiger charge is 2.15. The summed E-state index contributed by atoms with van der Waals surface area (Å²) in [5.74, 6) is 1.73. The van der Waals surface area contributed by atoms with Gasteiger partial charge in [0.15, 0.2) is 11.6 Å². The smallest absolute Gasteiger partial charge is 0.320 e. The molecule has 30 heavy (non-hydrogen) atoms. The van der Waals surface area contributed by atoms with Crippen LogP contribution < -0.4 is 9.47 Å². The van der Waals surface area contributed by atoms with Crippen molar-refractivity contribution in [1.82, 2.24) is 15.0 Å². The molecule has 158 valence electrons. The van der Waals surface area contributed by atoms with Gasteiger partial charge in [-0.05, 0) is 47.4 Å². The topological polar surface area (TPSA) is 66.4 Å². The summed E-state index contributed by atoms with van der Waals surface area (Å²) in [6.07, 6.45) is 0. The lowest BCUT2D eigenvalue weighted by molar-refractivity contribution is 0.185. The summed E-state index contributed by atoms with van der Waals surface area (Å²) in [7, 11) is 3.17. The maximum Gasteiger partial charge on any atom is 0.320 e. The van der Waals surface area contributed by atoms with Crippen LogP contribution in [-0.2, 0) is 11.3 Å². The van der Waals surface area contributed by atoms with Gasteiger partial charge in [0, 0.05) is 18.2 Å². The number of halogens is 1. The number of hydrogen-bond donors (Lipinski definition) is 0. The molecule has 3 aromatic rings. The van der Waals surface area contributed by atoms with Crippen LogP contribution in [0.5, 0.6) is 11.8 Å². The van der Waals surface area contributed by atoms with Gasteiger partial charge in [0.25, 0.3) is 0 Å². The Balaban J connectivity index is 1.95. The molecule has 0 aliphatic carbocycles. The third-order valence-electron chi connectivity index (χ3n) is 4.16. The molecule has 0 amide bonds. The summed E-state index contributed by atoms with van der Waals surface area (Å²) in [5, 5.41) is 0.542. The lowest BCUT2D eigenvalue weighted by atomic mass is 9.99. The highest BCUT2D eigenvalue weighted by Crippen LogP contribution is 2.30. The summed E-state index contributed by atoms with van der Waals surface area (Å²) in [5.41, 5.74) is 2.58. The van der Waals surface area contributed by atoms with Gasteiger partial charge in [-0.2, -0.15) is 9.97 Å². The van der Waals surface area contributed by atoms with Gasteiger partial charge in [0.2, 0.25) is 0 Å². The van der Waals surface area contributed by atoms with Gasteiger partial charge in [0.05, 0.1) is 25.3 Å². The minimum Gasteiger partial charge on any atom is -0.493 e. The van der Waals surface area contributed by atoms with Crippen LogP contribution >= 0.6 is 11.6 Å². The number of benzene rings is 2. The van der Waals surface area contributed by atoms with E-state index >= 15 is 0 Å². The predicted molar refractivity (Wildman–Crippen MR) is 118 cm³/mol. The number of rotatable bonds is 7. The van der Waals surface area contributed by atoms with Crippen molar-refractivity contribution in [2.24, 2.45) is 5.41 Å². The van der Waals surface area contributed by atoms with E-state index in [1.54, 1.807) is 7.11 Å². The quantitative estimate of drug-likeness (QED) is 0.500. The molecule has 3 rings (SSSR count). The van der Waals surface area contributed by atoms with Gasteiger partial charge in [-0.15, -0.1) is 0 Å². The second-order valence-corrected chi connectivity index (χ2v) is 8.50. The van der Waals surface area contributed by atoms with Crippen LogP contribution in [0.3, 0.4) is 0 Å². The standard InChI is InChI=1S/C23H26ClN3O3/c1-23(2,3)14-30-17-9-7-16(8-10-17)20-25-21(27-22(26-20)29-5)18-12-15(13-28-4)6-11-19(18)24/h6-12H,13-14H2,1-5H3. The Morgan fingerprint density at radius 1 is 0.900 bits per heavy atom. The molecule has 1 heterocycles. The highest BCUT2D eigenvalue weighted by atomic mass is 35.5. The Kier molecular flexibility index (Phi) is 6.90. The highest BCUT2D eigenvalue weighted by molar-refractivity contribution is 6.33. The van der Waals surface area contributed by atoms with E-state index in [1.807, 2.05) is 42.5 Å². The van der Waals surface area contributed by atoms with Gasteiger partial charge in [-0.25, -0.2) is 4.98 Å². The van der Waals surface area contributed by atoms with Gasteiger partial charge in [0.1, 0.15) is 5.75 Å². The fraction of sp³-hybridized carbons (Fsp3) is 0.348. The molecule has 0 radical (unpaired) electrons. The molecular formula is C23H26ClN3O3.